The molecule has 0 fully saturated rings. The first kappa shape index (κ1) is 15.3. The van der Waals surface area contributed by atoms with Crippen LogP contribution in [0.3, 0.4) is 0 Å². The standard InChI is InChI=1S/C18H22N4O/c1-13(23)22-10-8-14-11-16(6-7-17(14)22)20-12-15-5-4-9-19-18(15)21(2)3/h4-7,9,11,20H,8,10,12H2,1-3H3. The number of rotatable bonds is 4. The van der Waals surface area contributed by atoms with E-state index in [0.29, 0.717) is 0 Å². The maximum atomic E-state index is 11.6. The zero-order valence-electron chi connectivity index (χ0n) is 13.8. The highest BCUT2D eigenvalue weighted by Gasteiger charge is 2.22. The molecule has 5 nitrogen and oxygen atoms in total. The number of carbonyl (C=O) groups is 1. The lowest BCUT2D eigenvalue weighted by Gasteiger charge is -2.17. The first-order valence-electron chi connectivity index (χ1n) is 7.82. The Morgan fingerprint density at radius 2 is 2.17 bits per heavy atom. The Kier molecular flexibility index (Phi) is 4.19. The van der Waals surface area contributed by atoms with Crippen molar-refractivity contribution in [3.63, 3.8) is 0 Å². The van der Waals surface area contributed by atoms with Crippen molar-refractivity contribution in [3.8, 4) is 0 Å². The summed E-state index contributed by atoms with van der Waals surface area (Å²) in [4.78, 5) is 19.9. The van der Waals surface area contributed by atoms with Crippen molar-refractivity contribution in [1.82, 2.24) is 4.98 Å². The molecule has 0 saturated heterocycles. The van der Waals surface area contributed by atoms with Gasteiger partial charge >= 0.3 is 0 Å². The van der Waals surface area contributed by atoms with E-state index in [4.69, 9.17) is 0 Å². The van der Waals surface area contributed by atoms with Crippen LogP contribution in [0.1, 0.15) is 18.1 Å². The summed E-state index contributed by atoms with van der Waals surface area (Å²) in [6, 6.07) is 10.2. The molecular weight excluding hydrogens is 288 g/mol. The van der Waals surface area contributed by atoms with Crippen LogP contribution in [0.25, 0.3) is 0 Å². The third-order valence-corrected chi connectivity index (χ3v) is 4.13. The van der Waals surface area contributed by atoms with E-state index in [2.05, 4.69) is 22.4 Å². The summed E-state index contributed by atoms with van der Waals surface area (Å²) in [6.07, 6.45) is 2.73. The van der Waals surface area contributed by atoms with Gasteiger partial charge in [0.05, 0.1) is 0 Å². The minimum absolute atomic E-state index is 0.107. The van der Waals surface area contributed by atoms with E-state index in [-0.39, 0.29) is 5.91 Å². The number of aromatic nitrogens is 1. The highest BCUT2D eigenvalue weighted by molar-refractivity contribution is 5.94. The zero-order valence-corrected chi connectivity index (χ0v) is 13.8. The van der Waals surface area contributed by atoms with E-state index in [1.807, 2.05) is 48.3 Å². The third-order valence-electron chi connectivity index (χ3n) is 4.13. The fourth-order valence-electron chi connectivity index (χ4n) is 3.01. The Labute approximate surface area is 136 Å². The van der Waals surface area contributed by atoms with Gasteiger partial charge in [-0.2, -0.15) is 0 Å². The Bertz CT molecular complexity index is 727. The number of carbonyl (C=O) groups excluding carboxylic acids is 1. The van der Waals surface area contributed by atoms with Crippen molar-refractivity contribution in [1.29, 1.82) is 0 Å². The van der Waals surface area contributed by atoms with Crippen LogP contribution in [-0.2, 0) is 17.8 Å². The van der Waals surface area contributed by atoms with Gasteiger partial charge in [-0.05, 0) is 36.2 Å². The molecule has 120 valence electrons. The molecule has 1 aromatic carbocycles. The summed E-state index contributed by atoms with van der Waals surface area (Å²) in [6.45, 7) is 3.12. The van der Waals surface area contributed by atoms with Crippen molar-refractivity contribution in [2.24, 2.45) is 0 Å². The molecule has 2 aromatic rings. The Hall–Kier alpha value is -2.56. The van der Waals surface area contributed by atoms with Gasteiger partial charge in [0.15, 0.2) is 0 Å². The van der Waals surface area contributed by atoms with Gasteiger partial charge in [0, 0.05) is 57.2 Å². The molecule has 0 atom stereocenters. The molecule has 23 heavy (non-hydrogen) atoms. The summed E-state index contributed by atoms with van der Waals surface area (Å²) in [5.74, 6) is 1.08. The van der Waals surface area contributed by atoms with Crippen molar-refractivity contribution in [2.75, 3.05) is 35.8 Å². The molecule has 0 radical (unpaired) electrons. The first-order valence-corrected chi connectivity index (χ1v) is 7.82. The molecule has 1 aromatic heterocycles. The maximum Gasteiger partial charge on any atom is 0.223 e. The third kappa shape index (κ3) is 3.13. The van der Waals surface area contributed by atoms with Gasteiger partial charge < -0.3 is 15.1 Å². The normalized spacial score (nSPS) is 12.9. The van der Waals surface area contributed by atoms with Gasteiger partial charge in [-0.3, -0.25) is 4.79 Å². The summed E-state index contributed by atoms with van der Waals surface area (Å²) >= 11 is 0. The van der Waals surface area contributed by atoms with E-state index in [1.165, 1.54) is 5.56 Å². The monoisotopic (exact) mass is 310 g/mol. The topological polar surface area (TPSA) is 48.5 Å². The fourth-order valence-corrected chi connectivity index (χ4v) is 3.01. The van der Waals surface area contributed by atoms with Crippen LogP contribution in [0.2, 0.25) is 0 Å². The van der Waals surface area contributed by atoms with Gasteiger partial charge in [-0.1, -0.05) is 6.07 Å². The lowest BCUT2D eigenvalue weighted by Crippen LogP contribution is -2.25. The molecule has 0 spiro atoms. The van der Waals surface area contributed by atoms with Crippen molar-refractivity contribution in [2.45, 2.75) is 19.9 Å². The molecule has 0 aliphatic carbocycles. The fraction of sp³-hybridized carbons (Fsp3) is 0.333. The number of hydrogen-bond donors (Lipinski definition) is 1. The number of amides is 1. The van der Waals surface area contributed by atoms with Crippen LogP contribution in [0.4, 0.5) is 17.2 Å². The zero-order chi connectivity index (χ0) is 16.4. The van der Waals surface area contributed by atoms with Gasteiger partial charge in [0.1, 0.15) is 5.82 Å². The second-order valence-corrected chi connectivity index (χ2v) is 6.00. The average Bonchev–Trinajstić information content (AvgIpc) is 2.96. The highest BCUT2D eigenvalue weighted by Crippen LogP contribution is 2.30. The predicted molar refractivity (Wildman–Crippen MR) is 94.1 cm³/mol. The highest BCUT2D eigenvalue weighted by atomic mass is 16.2. The maximum absolute atomic E-state index is 11.6. The van der Waals surface area contributed by atoms with Crippen LogP contribution >= 0.6 is 0 Å². The van der Waals surface area contributed by atoms with Crippen molar-refractivity contribution < 1.29 is 4.79 Å². The SMILES string of the molecule is CC(=O)N1CCc2cc(NCc3cccnc3N(C)C)ccc21. The van der Waals surface area contributed by atoms with E-state index in [1.54, 1.807) is 6.92 Å². The molecule has 0 saturated carbocycles. The van der Waals surface area contributed by atoms with Gasteiger partial charge in [0.25, 0.3) is 0 Å². The molecule has 0 unspecified atom stereocenters. The molecule has 0 bridgehead atoms. The summed E-state index contributed by atoms with van der Waals surface area (Å²) < 4.78 is 0. The number of benzene rings is 1. The van der Waals surface area contributed by atoms with Crippen LogP contribution in [0, 0.1) is 0 Å². The lowest BCUT2D eigenvalue weighted by atomic mass is 10.1. The van der Waals surface area contributed by atoms with E-state index >= 15 is 0 Å². The molecule has 2 heterocycles. The van der Waals surface area contributed by atoms with E-state index in [0.717, 1.165) is 42.3 Å². The van der Waals surface area contributed by atoms with E-state index < -0.39 is 0 Å². The number of nitrogens with zero attached hydrogens (tertiary/aromatic N) is 3. The van der Waals surface area contributed by atoms with Gasteiger partial charge in [0.2, 0.25) is 5.91 Å². The minimum Gasteiger partial charge on any atom is -0.381 e. The van der Waals surface area contributed by atoms with Crippen molar-refractivity contribution in [3.05, 3.63) is 47.7 Å². The predicted octanol–water partition coefficient (Wildman–Crippen LogP) is 2.67. The molecule has 1 N–H and O–H groups in total. The molecule has 3 rings (SSSR count). The minimum atomic E-state index is 0.107. The van der Waals surface area contributed by atoms with Gasteiger partial charge in [-0.25, -0.2) is 4.98 Å². The quantitative estimate of drug-likeness (QED) is 0.943. The Balaban J connectivity index is 1.74. The number of fused-ring (bicyclic) bond motifs is 1. The Morgan fingerprint density at radius 3 is 2.91 bits per heavy atom. The van der Waals surface area contributed by atoms with Crippen LogP contribution < -0.4 is 15.1 Å². The largest absolute Gasteiger partial charge is 0.381 e. The number of anilines is 3. The number of nitrogens with one attached hydrogen (secondary N) is 1. The summed E-state index contributed by atoms with van der Waals surface area (Å²) in [7, 11) is 4.00. The number of pyridine rings is 1. The van der Waals surface area contributed by atoms with Crippen LogP contribution in [0.15, 0.2) is 36.5 Å². The Morgan fingerprint density at radius 1 is 1.35 bits per heavy atom. The smallest absolute Gasteiger partial charge is 0.223 e. The lowest BCUT2D eigenvalue weighted by molar-refractivity contribution is -0.116. The van der Waals surface area contributed by atoms with Gasteiger partial charge in [-0.15, -0.1) is 0 Å². The molecule has 5 heteroatoms. The van der Waals surface area contributed by atoms with Crippen LogP contribution in [0.5, 0.6) is 0 Å². The van der Waals surface area contributed by atoms with Crippen molar-refractivity contribution >= 4 is 23.1 Å². The molecular formula is C18H22N4O. The molecule has 1 aliphatic rings. The average molecular weight is 310 g/mol. The summed E-state index contributed by atoms with van der Waals surface area (Å²) in [5.41, 5.74) is 4.49. The second kappa shape index (κ2) is 6.28. The van der Waals surface area contributed by atoms with E-state index in [9.17, 15) is 4.79 Å². The molecule has 1 amide bonds. The summed E-state index contributed by atoms with van der Waals surface area (Å²) in [5, 5.41) is 3.46. The second-order valence-electron chi connectivity index (χ2n) is 6.00. The first-order chi connectivity index (χ1) is 11.1. The van der Waals surface area contributed by atoms with Crippen LogP contribution in [-0.4, -0.2) is 31.5 Å². The number of hydrogen-bond acceptors (Lipinski definition) is 4. The molecule has 1 aliphatic heterocycles.